The molecule has 3 rings (SSSR count). The van der Waals surface area contributed by atoms with Gasteiger partial charge in [-0.2, -0.15) is 0 Å². The van der Waals surface area contributed by atoms with E-state index in [2.05, 4.69) is 15.9 Å². The number of rotatable bonds is 0. The largest absolute Gasteiger partial charge is 0.504 e. The molecule has 0 bridgehead atoms. The lowest BCUT2D eigenvalue weighted by Crippen LogP contribution is -1.73. The van der Waals surface area contributed by atoms with Gasteiger partial charge in [0.2, 0.25) is 0 Å². The zero-order chi connectivity index (χ0) is 11.4. The van der Waals surface area contributed by atoms with E-state index in [-0.39, 0.29) is 5.75 Å². The zero-order valence-electron chi connectivity index (χ0n) is 8.80. The molecule has 1 aromatic carbocycles. The van der Waals surface area contributed by atoms with Gasteiger partial charge in [-0.1, -0.05) is 0 Å². The van der Waals surface area contributed by atoms with Gasteiger partial charge in [0.15, 0.2) is 16.9 Å². The van der Waals surface area contributed by atoms with Crippen molar-refractivity contribution in [2.24, 2.45) is 0 Å². The molecular formula is C12H9BrO3. The molecular weight excluding hydrogens is 272 g/mol. The summed E-state index contributed by atoms with van der Waals surface area (Å²) >= 11 is 3.48. The Morgan fingerprint density at radius 2 is 1.56 bits per heavy atom. The lowest BCUT2D eigenvalue weighted by Gasteiger charge is -1.98. The van der Waals surface area contributed by atoms with E-state index in [1.807, 2.05) is 19.9 Å². The highest BCUT2D eigenvalue weighted by Gasteiger charge is 2.18. The van der Waals surface area contributed by atoms with Crippen molar-refractivity contribution in [1.29, 1.82) is 0 Å². The third kappa shape index (κ3) is 1.13. The summed E-state index contributed by atoms with van der Waals surface area (Å²) in [5, 5.41) is 11.6. The number of benzene rings is 1. The first-order valence-corrected chi connectivity index (χ1v) is 5.68. The average molecular weight is 281 g/mol. The van der Waals surface area contributed by atoms with E-state index in [1.54, 1.807) is 6.07 Å². The van der Waals surface area contributed by atoms with Crippen LogP contribution >= 0.6 is 15.9 Å². The van der Waals surface area contributed by atoms with Crippen molar-refractivity contribution < 1.29 is 13.9 Å². The van der Waals surface area contributed by atoms with Crippen LogP contribution in [0.25, 0.3) is 21.9 Å². The molecule has 0 spiro atoms. The third-order valence-electron chi connectivity index (χ3n) is 2.62. The fourth-order valence-corrected chi connectivity index (χ4v) is 2.54. The van der Waals surface area contributed by atoms with Crippen LogP contribution in [0.1, 0.15) is 11.5 Å². The third-order valence-corrected chi connectivity index (χ3v) is 3.40. The number of halogens is 1. The van der Waals surface area contributed by atoms with Gasteiger partial charge in [0.25, 0.3) is 0 Å². The first kappa shape index (κ1) is 9.78. The summed E-state index contributed by atoms with van der Waals surface area (Å²) in [5.74, 6) is 1.66. The standard InChI is InChI=1S/C12H9BrO3/c1-5-3-7-9(13)11-8(4-6(2)15-11)10(14)12(7)16-5/h3-4,14H,1-2H3. The lowest BCUT2D eigenvalue weighted by atomic mass is 10.2. The lowest BCUT2D eigenvalue weighted by molar-refractivity contribution is 0.466. The van der Waals surface area contributed by atoms with Gasteiger partial charge in [-0.25, -0.2) is 0 Å². The number of phenols is 1. The van der Waals surface area contributed by atoms with E-state index in [4.69, 9.17) is 8.83 Å². The molecule has 0 radical (unpaired) electrons. The number of aromatic hydroxyl groups is 1. The molecule has 2 aromatic heterocycles. The Kier molecular flexibility index (Phi) is 1.86. The monoisotopic (exact) mass is 280 g/mol. The first-order chi connectivity index (χ1) is 7.58. The number of aryl methyl sites for hydroxylation is 2. The van der Waals surface area contributed by atoms with E-state index < -0.39 is 0 Å². The molecule has 2 heterocycles. The molecule has 16 heavy (non-hydrogen) atoms. The van der Waals surface area contributed by atoms with Gasteiger partial charge in [-0.3, -0.25) is 0 Å². The summed E-state index contributed by atoms with van der Waals surface area (Å²) in [7, 11) is 0. The van der Waals surface area contributed by atoms with Gasteiger partial charge in [0.1, 0.15) is 11.5 Å². The van der Waals surface area contributed by atoms with Gasteiger partial charge in [-0.15, -0.1) is 0 Å². The minimum absolute atomic E-state index is 0.137. The highest BCUT2D eigenvalue weighted by molar-refractivity contribution is 9.10. The highest BCUT2D eigenvalue weighted by atomic mass is 79.9. The summed E-state index contributed by atoms with van der Waals surface area (Å²) < 4.78 is 11.8. The molecule has 0 aliphatic heterocycles. The second kappa shape index (κ2) is 3.04. The van der Waals surface area contributed by atoms with E-state index >= 15 is 0 Å². The van der Waals surface area contributed by atoms with Gasteiger partial charge in [-0.05, 0) is 41.9 Å². The fourth-order valence-electron chi connectivity index (χ4n) is 1.95. The smallest absolute Gasteiger partial charge is 0.177 e. The fraction of sp³-hybridized carbons (Fsp3) is 0.167. The Balaban J connectivity index is 2.63. The topological polar surface area (TPSA) is 46.5 Å². The van der Waals surface area contributed by atoms with E-state index in [9.17, 15) is 5.11 Å². The molecule has 0 aliphatic carbocycles. The molecule has 3 nitrogen and oxygen atoms in total. The van der Waals surface area contributed by atoms with Crippen LogP contribution in [0.5, 0.6) is 5.75 Å². The molecule has 4 heteroatoms. The maximum atomic E-state index is 10.1. The molecule has 0 aliphatic rings. The summed E-state index contributed by atoms with van der Waals surface area (Å²) in [6, 6.07) is 3.67. The van der Waals surface area contributed by atoms with Crippen LogP contribution in [0.2, 0.25) is 0 Å². The van der Waals surface area contributed by atoms with Crippen molar-refractivity contribution in [3.05, 3.63) is 28.1 Å². The molecule has 0 saturated heterocycles. The van der Waals surface area contributed by atoms with Crippen molar-refractivity contribution in [2.75, 3.05) is 0 Å². The van der Waals surface area contributed by atoms with E-state index in [0.29, 0.717) is 16.6 Å². The Labute approximate surface area is 99.8 Å². The predicted octanol–water partition coefficient (Wildman–Crippen LogP) is 4.26. The van der Waals surface area contributed by atoms with Gasteiger partial charge < -0.3 is 13.9 Å². The minimum atomic E-state index is 0.137. The highest BCUT2D eigenvalue weighted by Crippen LogP contribution is 2.42. The number of hydrogen-bond donors (Lipinski definition) is 1. The van der Waals surface area contributed by atoms with Gasteiger partial charge in [0.05, 0.1) is 9.86 Å². The van der Waals surface area contributed by atoms with Crippen molar-refractivity contribution in [3.63, 3.8) is 0 Å². The second-order valence-electron chi connectivity index (χ2n) is 3.86. The van der Waals surface area contributed by atoms with Crippen LogP contribution in [0.3, 0.4) is 0 Å². The molecule has 0 atom stereocenters. The normalized spacial score (nSPS) is 11.7. The summed E-state index contributed by atoms with van der Waals surface area (Å²) in [4.78, 5) is 0. The van der Waals surface area contributed by atoms with Crippen LogP contribution in [0, 0.1) is 13.8 Å². The zero-order valence-corrected chi connectivity index (χ0v) is 10.4. The molecule has 82 valence electrons. The number of furan rings is 2. The van der Waals surface area contributed by atoms with Crippen molar-refractivity contribution >= 4 is 37.9 Å². The molecule has 0 amide bonds. The number of phenolic OH excluding ortho intramolecular Hbond substituents is 1. The van der Waals surface area contributed by atoms with Crippen LogP contribution in [-0.4, -0.2) is 5.11 Å². The van der Waals surface area contributed by atoms with Crippen LogP contribution in [0.15, 0.2) is 25.4 Å². The number of fused-ring (bicyclic) bond motifs is 2. The summed E-state index contributed by atoms with van der Waals surface area (Å²) in [6.45, 7) is 3.69. The van der Waals surface area contributed by atoms with Crippen LogP contribution in [0.4, 0.5) is 0 Å². The maximum Gasteiger partial charge on any atom is 0.177 e. The van der Waals surface area contributed by atoms with E-state index in [0.717, 1.165) is 21.4 Å². The Bertz CT molecular complexity index is 591. The van der Waals surface area contributed by atoms with Gasteiger partial charge in [0, 0.05) is 5.39 Å². The molecule has 3 aromatic rings. The average Bonchev–Trinajstić information content (AvgIpc) is 2.78. The van der Waals surface area contributed by atoms with Crippen molar-refractivity contribution in [1.82, 2.24) is 0 Å². The Morgan fingerprint density at radius 1 is 1.00 bits per heavy atom. The Hall–Kier alpha value is -1.42. The SMILES string of the molecule is Cc1cc2c(Br)c3oc(C)cc3c(O)c2o1. The molecule has 0 unspecified atom stereocenters. The number of hydrogen-bond acceptors (Lipinski definition) is 3. The van der Waals surface area contributed by atoms with Crippen molar-refractivity contribution in [3.8, 4) is 5.75 Å². The quantitative estimate of drug-likeness (QED) is 0.669. The predicted molar refractivity (Wildman–Crippen MR) is 64.8 cm³/mol. The Morgan fingerprint density at radius 3 is 2.25 bits per heavy atom. The summed E-state index contributed by atoms with van der Waals surface area (Å²) in [5.41, 5.74) is 1.15. The molecule has 1 N–H and O–H groups in total. The van der Waals surface area contributed by atoms with Gasteiger partial charge >= 0.3 is 0 Å². The second-order valence-corrected chi connectivity index (χ2v) is 4.66. The maximum absolute atomic E-state index is 10.1. The molecule has 0 saturated carbocycles. The van der Waals surface area contributed by atoms with Crippen LogP contribution in [-0.2, 0) is 0 Å². The van der Waals surface area contributed by atoms with Crippen LogP contribution < -0.4 is 0 Å². The molecule has 0 fully saturated rings. The van der Waals surface area contributed by atoms with Crippen molar-refractivity contribution in [2.45, 2.75) is 13.8 Å². The first-order valence-electron chi connectivity index (χ1n) is 4.88. The summed E-state index contributed by atoms with van der Waals surface area (Å²) in [6.07, 6.45) is 0. The minimum Gasteiger partial charge on any atom is -0.504 e. The van der Waals surface area contributed by atoms with E-state index in [1.165, 1.54) is 0 Å².